The van der Waals surface area contributed by atoms with Gasteiger partial charge in [0.05, 0.1) is 0 Å². The van der Waals surface area contributed by atoms with Gasteiger partial charge < -0.3 is 5.73 Å². The van der Waals surface area contributed by atoms with Crippen LogP contribution in [0, 0.1) is 0 Å². The Morgan fingerprint density at radius 1 is 1.05 bits per heavy atom. The van der Waals surface area contributed by atoms with E-state index in [0.29, 0.717) is 5.82 Å². The molecule has 0 amide bonds. The van der Waals surface area contributed by atoms with Gasteiger partial charge in [-0.1, -0.05) is 24.3 Å². The number of allylic oxidation sites excluding steroid dienone is 1. The van der Waals surface area contributed by atoms with Gasteiger partial charge in [0.25, 0.3) is 0 Å². The molecule has 0 radical (unpaired) electrons. The summed E-state index contributed by atoms with van der Waals surface area (Å²) in [6.45, 7) is 0. The van der Waals surface area contributed by atoms with Crippen molar-refractivity contribution in [2.75, 3.05) is 5.73 Å². The number of nitrogens with two attached hydrogens (primary N) is 1. The van der Waals surface area contributed by atoms with Gasteiger partial charge in [-0.15, -0.1) is 0 Å². The van der Waals surface area contributed by atoms with Gasteiger partial charge in [-0.25, -0.2) is 0 Å². The summed E-state index contributed by atoms with van der Waals surface area (Å²) in [4.78, 5) is 8.57. The number of H-pyrrole nitrogens is 1. The molecule has 0 aromatic carbocycles. The minimum atomic E-state index is -0.311. The zero-order valence-corrected chi connectivity index (χ0v) is 11.9. The van der Waals surface area contributed by atoms with Gasteiger partial charge >= 0.3 is 0 Å². The van der Waals surface area contributed by atoms with E-state index in [1.165, 1.54) is 0 Å². The highest BCUT2D eigenvalue weighted by molar-refractivity contribution is 5.69. The van der Waals surface area contributed by atoms with Crippen LogP contribution in [-0.4, -0.2) is 20.2 Å². The summed E-state index contributed by atoms with van der Waals surface area (Å²) in [7, 11) is 0. The predicted molar refractivity (Wildman–Crippen MR) is 85.0 cm³/mol. The van der Waals surface area contributed by atoms with E-state index >= 15 is 0 Å². The largest absolute Gasteiger partial charge is 0.382 e. The Bertz CT molecular complexity index is 781. The molecule has 5 nitrogen and oxygen atoms in total. The minimum absolute atomic E-state index is 0.311. The molecule has 1 aliphatic rings. The van der Waals surface area contributed by atoms with E-state index in [-0.39, 0.29) is 5.41 Å². The monoisotopic (exact) mass is 289 g/mol. The number of nitrogen functional groups attached to an aromatic ring is 1. The smallest absolute Gasteiger partial charge is 0.152 e. The van der Waals surface area contributed by atoms with Crippen molar-refractivity contribution in [1.29, 1.82) is 0 Å². The second-order valence-corrected chi connectivity index (χ2v) is 5.47. The van der Waals surface area contributed by atoms with Crippen LogP contribution in [0.1, 0.15) is 22.4 Å². The second-order valence-electron chi connectivity index (χ2n) is 5.47. The molecule has 0 bridgehead atoms. The van der Waals surface area contributed by atoms with E-state index in [1.807, 2.05) is 30.6 Å². The van der Waals surface area contributed by atoms with Crippen LogP contribution in [0.5, 0.6) is 0 Å². The zero-order valence-electron chi connectivity index (χ0n) is 11.9. The highest BCUT2D eigenvalue weighted by atomic mass is 15.2. The van der Waals surface area contributed by atoms with Crippen LogP contribution in [0.3, 0.4) is 0 Å². The molecule has 0 aliphatic heterocycles. The zero-order chi connectivity index (χ0) is 15.0. The number of pyridine rings is 2. The summed E-state index contributed by atoms with van der Waals surface area (Å²) >= 11 is 0. The fourth-order valence-corrected chi connectivity index (χ4v) is 3.10. The molecule has 3 aromatic heterocycles. The third-order valence-corrected chi connectivity index (χ3v) is 4.26. The molecule has 0 unspecified atom stereocenters. The number of hydrogen-bond acceptors (Lipinski definition) is 4. The lowest BCUT2D eigenvalue weighted by Gasteiger charge is -2.33. The first-order valence-electron chi connectivity index (χ1n) is 7.12. The van der Waals surface area contributed by atoms with E-state index < -0.39 is 0 Å². The number of nitrogens with one attached hydrogen (secondary N) is 1. The third-order valence-electron chi connectivity index (χ3n) is 4.26. The number of hydrogen-bond donors (Lipinski definition) is 2. The molecular weight excluding hydrogens is 274 g/mol. The van der Waals surface area contributed by atoms with Crippen molar-refractivity contribution >= 4 is 11.9 Å². The molecule has 0 spiro atoms. The summed E-state index contributed by atoms with van der Waals surface area (Å²) in [5.74, 6) is 0.539. The Balaban J connectivity index is 1.93. The summed E-state index contributed by atoms with van der Waals surface area (Å²) in [6, 6.07) is 8.10. The number of fused-ring (bicyclic) bond motifs is 1. The fraction of sp³-hybridized carbons (Fsp3) is 0.118. The van der Waals surface area contributed by atoms with Crippen molar-refractivity contribution in [3.05, 3.63) is 77.5 Å². The molecule has 0 saturated carbocycles. The first kappa shape index (κ1) is 12.8. The Kier molecular flexibility index (Phi) is 2.79. The van der Waals surface area contributed by atoms with Crippen molar-refractivity contribution in [1.82, 2.24) is 20.2 Å². The molecule has 3 heterocycles. The number of nitrogens with zero attached hydrogens (tertiary/aromatic N) is 3. The van der Waals surface area contributed by atoms with Crippen LogP contribution in [-0.2, 0) is 11.8 Å². The van der Waals surface area contributed by atoms with Gasteiger partial charge in [0.15, 0.2) is 5.82 Å². The van der Waals surface area contributed by atoms with E-state index in [2.05, 4.69) is 38.4 Å². The van der Waals surface area contributed by atoms with Gasteiger partial charge in [0.2, 0.25) is 0 Å². The number of rotatable bonds is 2. The van der Waals surface area contributed by atoms with Crippen molar-refractivity contribution in [3.8, 4) is 0 Å². The highest BCUT2D eigenvalue weighted by Crippen LogP contribution is 2.41. The van der Waals surface area contributed by atoms with Crippen molar-refractivity contribution in [2.45, 2.75) is 11.8 Å². The minimum Gasteiger partial charge on any atom is -0.382 e. The van der Waals surface area contributed by atoms with Crippen molar-refractivity contribution in [2.24, 2.45) is 0 Å². The van der Waals surface area contributed by atoms with E-state index in [9.17, 15) is 0 Å². The Morgan fingerprint density at radius 3 is 2.32 bits per heavy atom. The maximum absolute atomic E-state index is 5.91. The normalized spacial score (nSPS) is 15.5. The molecule has 4 rings (SSSR count). The lowest BCUT2D eigenvalue weighted by molar-refractivity contribution is 0.615. The molecule has 3 N–H and O–H groups in total. The molecule has 22 heavy (non-hydrogen) atoms. The van der Waals surface area contributed by atoms with Gasteiger partial charge in [0.1, 0.15) is 0 Å². The van der Waals surface area contributed by atoms with E-state index in [0.717, 1.165) is 28.8 Å². The summed E-state index contributed by atoms with van der Waals surface area (Å²) in [5, 5.41) is 7.17. The van der Waals surface area contributed by atoms with Gasteiger partial charge in [-0.05, 0) is 23.3 Å². The lowest BCUT2D eigenvalue weighted by Crippen LogP contribution is -2.30. The summed E-state index contributed by atoms with van der Waals surface area (Å²) in [6.07, 6.45) is 12.3. The maximum atomic E-state index is 5.91. The molecule has 1 aliphatic carbocycles. The fourth-order valence-electron chi connectivity index (χ4n) is 3.10. The average molecular weight is 289 g/mol. The van der Waals surface area contributed by atoms with E-state index in [1.54, 1.807) is 12.4 Å². The highest BCUT2D eigenvalue weighted by Gasteiger charge is 2.36. The Morgan fingerprint density at radius 2 is 1.73 bits per heavy atom. The van der Waals surface area contributed by atoms with Crippen molar-refractivity contribution in [3.63, 3.8) is 0 Å². The topological polar surface area (TPSA) is 80.5 Å². The van der Waals surface area contributed by atoms with Gasteiger partial charge in [0, 0.05) is 47.9 Å². The van der Waals surface area contributed by atoms with Gasteiger partial charge in [-0.3, -0.25) is 15.1 Å². The maximum Gasteiger partial charge on any atom is 0.152 e. The van der Waals surface area contributed by atoms with Crippen LogP contribution < -0.4 is 5.73 Å². The van der Waals surface area contributed by atoms with Crippen LogP contribution in [0.4, 0.5) is 5.82 Å². The standard InChI is InChI=1S/C17H15N5/c18-16-14-5-6-17(9-15(14)21-22-16,12-3-1-7-19-10-12)13-4-2-8-20-11-13/h1-8,10-11H,9H2,(H3,18,21,22). The third kappa shape index (κ3) is 1.83. The van der Waals surface area contributed by atoms with Crippen LogP contribution >= 0.6 is 0 Å². The van der Waals surface area contributed by atoms with Crippen LogP contribution in [0.25, 0.3) is 6.08 Å². The van der Waals surface area contributed by atoms with Crippen molar-refractivity contribution < 1.29 is 0 Å². The number of anilines is 1. The summed E-state index contributed by atoms with van der Waals surface area (Å²) in [5.41, 5.74) is 9.85. The molecule has 0 saturated heterocycles. The Labute approximate surface area is 127 Å². The Hall–Kier alpha value is -2.95. The molecule has 5 heteroatoms. The first-order valence-corrected chi connectivity index (χ1v) is 7.12. The predicted octanol–water partition coefficient (Wildman–Crippen LogP) is 2.34. The van der Waals surface area contributed by atoms with Gasteiger partial charge in [-0.2, -0.15) is 5.10 Å². The van der Waals surface area contributed by atoms with Crippen LogP contribution in [0.15, 0.2) is 55.1 Å². The molecule has 0 atom stereocenters. The van der Waals surface area contributed by atoms with E-state index in [4.69, 9.17) is 5.73 Å². The average Bonchev–Trinajstić information content (AvgIpc) is 2.96. The molecule has 108 valence electrons. The SMILES string of the molecule is Nc1n[nH]c2c1C=CC(c1cccnc1)(c1cccnc1)C2. The molecule has 0 fully saturated rings. The second kappa shape index (κ2) is 4.80. The summed E-state index contributed by atoms with van der Waals surface area (Å²) < 4.78 is 0. The lowest BCUT2D eigenvalue weighted by atomic mass is 9.69. The first-order chi connectivity index (χ1) is 10.8. The van der Waals surface area contributed by atoms with Crippen LogP contribution in [0.2, 0.25) is 0 Å². The molecule has 3 aromatic rings. The number of aromatic nitrogens is 4. The number of aromatic amines is 1. The quantitative estimate of drug-likeness (QED) is 0.758. The molecular formula is C17H15N5.